The van der Waals surface area contributed by atoms with Crippen molar-refractivity contribution >= 4 is 27.3 Å². The number of nitrogens with zero attached hydrogens (tertiary/aromatic N) is 2. The van der Waals surface area contributed by atoms with Gasteiger partial charge in [-0.2, -0.15) is 0 Å². The molecule has 0 fully saturated rings. The van der Waals surface area contributed by atoms with Gasteiger partial charge in [0.2, 0.25) is 0 Å². The molecule has 1 aromatic rings. The average Bonchev–Trinajstić information content (AvgIpc) is 2.20. The van der Waals surface area contributed by atoms with Gasteiger partial charge in [0.25, 0.3) is 0 Å². The van der Waals surface area contributed by atoms with E-state index in [4.69, 9.17) is 5.11 Å². The molecule has 1 heterocycles. The maximum atomic E-state index is 10.7. The Morgan fingerprint density at radius 1 is 1.73 bits per heavy atom. The highest BCUT2D eigenvalue weighted by molar-refractivity contribution is 9.10. The first-order valence-corrected chi connectivity index (χ1v) is 5.00. The van der Waals surface area contributed by atoms with Gasteiger partial charge in [-0.05, 0) is 22.9 Å². The molecule has 1 aromatic heterocycles. The predicted molar refractivity (Wildman–Crippen MR) is 58.8 cm³/mol. The fraction of sp³-hybridized carbons (Fsp3) is 0.375. The highest BCUT2D eigenvalue weighted by atomic mass is 79.9. The summed E-state index contributed by atoms with van der Waals surface area (Å²) >= 11 is 3.16. The number of aliphatic hydroxyl groups is 1. The van der Waals surface area contributed by atoms with Crippen LogP contribution >= 0.6 is 15.9 Å². The largest absolute Gasteiger partial charge is 0.394 e. The molecule has 6 nitrogen and oxygen atoms in total. The van der Waals surface area contributed by atoms with Gasteiger partial charge in [-0.15, -0.1) is 0 Å². The number of rotatable bonds is 4. The normalized spacial score (nSPS) is 12.2. The van der Waals surface area contributed by atoms with Gasteiger partial charge in [0.15, 0.2) is 0 Å². The molecule has 1 unspecified atom stereocenters. The van der Waals surface area contributed by atoms with Gasteiger partial charge in [0, 0.05) is 12.2 Å². The fourth-order valence-electron chi connectivity index (χ4n) is 0.998. The molecule has 0 aliphatic rings. The Labute approximate surface area is 94.6 Å². The van der Waals surface area contributed by atoms with Crippen LogP contribution in [0.1, 0.15) is 6.92 Å². The van der Waals surface area contributed by atoms with E-state index >= 15 is 0 Å². The van der Waals surface area contributed by atoms with Gasteiger partial charge in [-0.25, -0.2) is 0 Å². The summed E-state index contributed by atoms with van der Waals surface area (Å²) in [4.78, 5) is 13.9. The number of hydrogen-bond acceptors (Lipinski definition) is 5. The van der Waals surface area contributed by atoms with Crippen LogP contribution in [-0.2, 0) is 0 Å². The number of hydrogen-bond donors (Lipinski definition) is 2. The lowest BCUT2D eigenvalue weighted by molar-refractivity contribution is -0.384. The van der Waals surface area contributed by atoms with Crippen molar-refractivity contribution in [1.82, 2.24) is 4.98 Å². The van der Waals surface area contributed by atoms with Crippen LogP contribution in [0.4, 0.5) is 11.4 Å². The monoisotopic (exact) mass is 275 g/mol. The molecule has 0 saturated heterocycles. The van der Waals surface area contributed by atoms with Crippen molar-refractivity contribution in [2.45, 2.75) is 13.0 Å². The summed E-state index contributed by atoms with van der Waals surface area (Å²) in [7, 11) is 0. The highest BCUT2D eigenvalue weighted by Crippen LogP contribution is 2.31. The second-order valence-corrected chi connectivity index (χ2v) is 3.85. The zero-order valence-corrected chi connectivity index (χ0v) is 9.56. The molecule has 1 rings (SSSR count). The molecule has 0 saturated carbocycles. The summed E-state index contributed by atoms with van der Waals surface area (Å²) in [6.07, 6.45) is 2.62. The number of aromatic nitrogens is 1. The molecule has 0 aliphatic heterocycles. The van der Waals surface area contributed by atoms with Crippen molar-refractivity contribution in [3.05, 3.63) is 27.0 Å². The molecule has 0 amide bonds. The van der Waals surface area contributed by atoms with Gasteiger partial charge in [0.05, 0.1) is 16.0 Å². The Morgan fingerprint density at radius 3 is 2.93 bits per heavy atom. The third kappa shape index (κ3) is 2.87. The van der Waals surface area contributed by atoms with Crippen LogP contribution < -0.4 is 5.32 Å². The topological polar surface area (TPSA) is 88.3 Å². The van der Waals surface area contributed by atoms with Crippen LogP contribution in [0.5, 0.6) is 0 Å². The van der Waals surface area contributed by atoms with Gasteiger partial charge in [-0.1, -0.05) is 0 Å². The second kappa shape index (κ2) is 5.04. The Hall–Kier alpha value is -1.21. The van der Waals surface area contributed by atoms with Crippen molar-refractivity contribution in [2.24, 2.45) is 0 Å². The van der Waals surface area contributed by atoms with Crippen molar-refractivity contribution in [3.63, 3.8) is 0 Å². The molecular formula is C8H10BrN3O3. The van der Waals surface area contributed by atoms with Crippen LogP contribution in [0, 0.1) is 10.1 Å². The molecule has 0 spiro atoms. The van der Waals surface area contributed by atoms with Crippen LogP contribution in [0.2, 0.25) is 0 Å². The van der Waals surface area contributed by atoms with E-state index in [0.717, 1.165) is 6.20 Å². The minimum atomic E-state index is -0.524. The highest BCUT2D eigenvalue weighted by Gasteiger charge is 2.18. The number of anilines is 1. The molecular weight excluding hydrogens is 266 g/mol. The van der Waals surface area contributed by atoms with E-state index in [0.29, 0.717) is 10.2 Å². The predicted octanol–water partition coefficient (Wildman–Crippen LogP) is 1.54. The summed E-state index contributed by atoms with van der Waals surface area (Å²) in [6, 6.07) is -0.262. The quantitative estimate of drug-likeness (QED) is 0.643. The first-order chi connectivity index (χ1) is 7.06. The summed E-state index contributed by atoms with van der Waals surface area (Å²) in [5, 5.41) is 22.4. The summed E-state index contributed by atoms with van der Waals surface area (Å²) in [5.74, 6) is 0. The van der Waals surface area contributed by atoms with Crippen LogP contribution in [0.3, 0.4) is 0 Å². The van der Waals surface area contributed by atoms with Crippen molar-refractivity contribution in [1.29, 1.82) is 0 Å². The van der Waals surface area contributed by atoms with Crippen molar-refractivity contribution in [2.75, 3.05) is 11.9 Å². The minimum Gasteiger partial charge on any atom is -0.394 e. The Balaban J connectivity index is 3.07. The van der Waals surface area contributed by atoms with E-state index in [1.807, 2.05) is 0 Å². The smallest absolute Gasteiger partial charge is 0.311 e. The molecule has 2 N–H and O–H groups in total. The Kier molecular flexibility index (Phi) is 3.98. The Morgan fingerprint density at radius 2 is 2.40 bits per heavy atom. The van der Waals surface area contributed by atoms with Gasteiger partial charge in [0.1, 0.15) is 11.9 Å². The summed E-state index contributed by atoms with van der Waals surface area (Å²) in [5.41, 5.74) is 0.209. The van der Waals surface area contributed by atoms with Crippen LogP contribution in [0.15, 0.2) is 16.9 Å². The maximum Gasteiger partial charge on any atom is 0.311 e. The standard InChI is InChI=1S/C8H10BrN3O3/c1-5(4-13)11-8-6(9)2-10-3-7(8)12(14)15/h2-3,5,13H,4H2,1H3,(H,10,11). The third-order valence-corrected chi connectivity index (χ3v) is 2.34. The Bertz CT molecular complexity index is 372. The van der Waals surface area contributed by atoms with Gasteiger partial charge in [-0.3, -0.25) is 15.1 Å². The van der Waals surface area contributed by atoms with E-state index in [2.05, 4.69) is 26.2 Å². The molecule has 1 atom stereocenters. The SMILES string of the molecule is CC(CO)Nc1c(Br)cncc1[N+](=O)[O-]. The molecule has 0 aromatic carbocycles. The average molecular weight is 276 g/mol. The second-order valence-electron chi connectivity index (χ2n) is 3.00. The molecule has 15 heavy (non-hydrogen) atoms. The number of nitrogens with one attached hydrogen (secondary N) is 1. The summed E-state index contributed by atoms with van der Waals surface area (Å²) < 4.78 is 0.497. The maximum absolute atomic E-state index is 10.7. The van der Waals surface area contributed by atoms with Gasteiger partial charge >= 0.3 is 5.69 Å². The molecule has 82 valence electrons. The van der Waals surface area contributed by atoms with Gasteiger partial charge < -0.3 is 10.4 Å². The molecule has 0 aliphatic carbocycles. The molecule has 7 heteroatoms. The number of aliphatic hydroxyl groups excluding tert-OH is 1. The lowest BCUT2D eigenvalue weighted by Crippen LogP contribution is -2.20. The third-order valence-electron chi connectivity index (χ3n) is 1.74. The summed E-state index contributed by atoms with van der Waals surface area (Å²) in [6.45, 7) is 1.61. The van der Waals surface area contributed by atoms with E-state index in [1.165, 1.54) is 6.20 Å². The van der Waals surface area contributed by atoms with Crippen molar-refractivity contribution < 1.29 is 10.0 Å². The van der Waals surface area contributed by atoms with Crippen molar-refractivity contribution in [3.8, 4) is 0 Å². The zero-order valence-electron chi connectivity index (χ0n) is 7.98. The van der Waals surface area contributed by atoms with E-state index in [9.17, 15) is 10.1 Å². The zero-order chi connectivity index (χ0) is 11.4. The van der Waals surface area contributed by atoms with E-state index in [1.54, 1.807) is 6.92 Å². The molecule has 0 radical (unpaired) electrons. The number of nitro groups is 1. The number of pyridine rings is 1. The number of halogens is 1. The van der Waals surface area contributed by atoms with Crippen LogP contribution in [-0.4, -0.2) is 27.7 Å². The lowest BCUT2D eigenvalue weighted by atomic mass is 10.3. The first kappa shape index (κ1) is 11.9. The first-order valence-electron chi connectivity index (χ1n) is 4.21. The van der Waals surface area contributed by atoms with E-state index < -0.39 is 4.92 Å². The molecule has 0 bridgehead atoms. The van der Waals surface area contributed by atoms with Crippen LogP contribution in [0.25, 0.3) is 0 Å². The fourth-order valence-corrected chi connectivity index (χ4v) is 1.43. The minimum absolute atomic E-state index is 0.105. The lowest BCUT2D eigenvalue weighted by Gasteiger charge is -2.13. The van der Waals surface area contributed by atoms with E-state index in [-0.39, 0.29) is 18.3 Å².